The van der Waals surface area contributed by atoms with Gasteiger partial charge in [-0.25, -0.2) is 0 Å². The standard InChI is InChI=1S/C24H31ClN2O5/c1-6-16(2)26-24(29)17(3)27(14-18-8-7-9-19(25)10-18)23(28)15-32-22-12-20(30-4)11-21(13-22)31-5/h7-13,16-17H,6,14-15H2,1-5H3,(H,26,29)/t16-,17+/m0/s1. The Kier molecular flexibility index (Phi) is 9.65. The minimum Gasteiger partial charge on any atom is -0.496 e. The number of carbonyl (C=O) groups excluding carboxylic acids is 2. The molecular formula is C24H31ClN2O5. The van der Waals surface area contributed by atoms with Crippen LogP contribution < -0.4 is 19.5 Å². The molecule has 0 aliphatic carbocycles. The number of benzene rings is 2. The second-order valence-corrected chi connectivity index (χ2v) is 7.92. The molecule has 0 heterocycles. The van der Waals surface area contributed by atoms with Gasteiger partial charge in [0.2, 0.25) is 5.91 Å². The summed E-state index contributed by atoms with van der Waals surface area (Å²) in [6.07, 6.45) is 0.793. The van der Waals surface area contributed by atoms with Crippen LogP contribution in [0.3, 0.4) is 0 Å². The Bertz CT molecular complexity index is 899. The van der Waals surface area contributed by atoms with Crippen LogP contribution >= 0.6 is 11.6 Å². The van der Waals surface area contributed by atoms with Gasteiger partial charge in [0, 0.05) is 35.8 Å². The summed E-state index contributed by atoms with van der Waals surface area (Å²) < 4.78 is 16.2. The van der Waals surface area contributed by atoms with Crippen LogP contribution in [0.25, 0.3) is 0 Å². The van der Waals surface area contributed by atoms with Crippen molar-refractivity contribution >= 4 is 23.4 Å². The number of hydrogen-bond acceptors (Lipinski definition) is 5. The number of amides is 2. The van der Waals surface area contributed by atoms with E-state index in [-0.39, 0.29) is 31.0 Å². The second kappa shape index (κ2) is 12.2. The number of ether oxygens (including phenoxy) is 3. The predicted octanol–water partition coefficient (Wildman–Crippen LogP) is 4.07. The molecule has 0 saturated heterocycles. The van der Waals surface area contributed by atoms with E-state index < -0.39 is 6.04 Å². The number of methoxy groups -OCH3 is 2. The Balaban J connectivity index is 2.20. The summed E-state index contributed by atoms with van der Waals surface area (Å²) in [5.41, 5.74) is 0.817. The Morgan fingerprint density at radius 1 is 1.03 bits per heavy atom. The fourth-order valence-corrected chi connectivity index (χ4v) is 3.19. The lowest BCUT2D eigenvalue weighted by atomic mass is 10.1. The summed E-state index contributed by atoms with van der Waals surface area (Å²) in [6, 6.07) is 11.5. The molecule has 2 amide bonds. The van der Waals surface area contributed by atoms with E-state index in [4.69, 9.17) is 25.8 Å². The van der Waals surface area contributed by atoms with Gasteiger partial charge in [0.25, 0.3) is 5.91 Å². The van der Waals surface area contributed by atoms with Crippen molar-refractivity contribution in [3.05, 3.63) is 53.1 Å². The summed E-state index contributed by atoms with van der Waals surface area (Å²) in [7, 11) is 3.07. The highest BCUT2D eigenvalue weighted by Crippen LogP contribution is 2.27. The minimum atomic E-state index is -0.695. The van der Waals surface area contributed by atoms with Crippen molar-refractivity contribution in [1.82, 2.24) is 10.2 Å². The molecule has 0 saturated carbocycles. The van der Waals surface area contributed by atoms with Gasteiger partial charge in [-0.2, -0.15) is 0 Å². The fourth-order valence-electron chi connectivity index (χ4n) is 2.97. The molecule has 0 aromatic heterocycles. The highest BCUT2D eigenvalue weighted by atomic mass is 35.5. The van der Waals surface area contributed by atoms with Crippen LogP contribution in [0.2, 0.25) is 5.02 Å². The van der Waals surface area contributed by atoms with Gasteiger partial charge in [0.1, 0.15) is 23.3 Å². The van der Waals surface area contributed by atoms with E-state index in [2.05, 4.69) is 5.32 Å². The number of nitrogens with zero attached hydrogens (tertiary/aromatic N) is 1. The third-order valence-electron chi connectivity index (χ3n) is 5.10. The van der Waals surface area contributed by atoms with E-state index in [1.165, 1.54) is 19.1 Å². The van der Waals surface area contributed by atoms with Crippen LogP contribution in [-0.4, -0.2) is 49.6 Å². The van der Waals surface area contributed by atoms with Crippen molar-refractivity contribution < 1.29 is 23.8 Å². The quantitative estimate of drug-likeness (QED) is 0.544. The number of rotatable bonds is 11. The fraction of sp³-hybridized carbons (Fsp3) is 0.417. The van der Waals surface area contributed by atoms with E-state index in [1.807, 2.05) is 26.0 Å². The SMILES string of the molecule is CC[C@H](C)NC(=O)[C@@H](C)N(Cc1cccc(Cl)c1)C(=O)COc1cc(OC)cc(OC)c1. The zero-order valence-electron chi connectivity index (χ0n) is 19.2. The Hall–Kier alpha value is -2.93. The Morgan fingerprint density at radius 3 is 2.22 bits per heavy atom. The van der Waals surface area contributed by atoms with Crippen molar-refractivity contribution in [2.45, 2.75) is 45.8 Å². The highest BCUT2D eigenvalue weighted by Gasteiger charge is 2.27. The maximum atomic E-state index is 13.1. The van der Waals surface area contributed by atoms with E-state index >= 15 is 0 Å². The molecule has 2 rings (SSSR count). The van der Waals surface area contributed by atoms with Crippen LogP contribution in [0.1, 0.15) is 32.8 Å². The normalized spacial score (nSPS) is 12.4. The van der Waals surface area contributed by atoms with Gasteiger partial charge in [-0.1, -0.05) is 30.7 Å². The molecule has 0 bridgehead atoms. The van der Waals surface area contributed by atoms with Gasteiger partial charge >= 0.3 is 0 Å². The van der Waals surface area contributed by atoms with Crippen LogP contribution in [0.15, 0.2) is 42.5 Å². The third-order valence-corrected chi connectivity index (χ3v) is 5.33. The molecular weight excluding hydrogens is 432 g/mol. The van der Waals surface area contributed by atoms with Crippen molar-refractivity contribution in [1.29, 1.82) is 0 Å². The maximum absolute atomic E-state index is 13.1. The monoisotopic (exact) mass is 462 g/mol. The molecule has 0 unspecified atom stereocenters. The molecule has 174 valence electrons. The summed E-state index contributed by atoms with van der Waals surface area (Å²) in [5, 5.41) is 3.49. The van der Waals surface area contributed by atoms with E-state index in [1.54, 1.807) is 37.3 Å². The molecule has 32 heavy (non-hydrogen) atoms. The number of hydrogen-bond donors (Lipinski definition) is 1. The van der Waals surface area contributed by atoms with E-state index in [0.29, 0.717) is 22.3 Å². The first kappa shape index (κ1) is 25.3. The highest BCUT2D eigenvalue weighted by molar-refractivity contribution is 6.30. The molecule has 0 radical (unpaired) electrons. The zero-order chi connectivity index (χ0) is 23.7. The summed E-state index contributed by atoms with van der Waals surface area (Å²) >= 11 is 6.10. The van der Waals surface area contributed by atoms with Gasteiger partial charge in [0.15, 0.2) is 6.61 Å². The summed E-state index contributed by atoms with van der Waals surface area (Å²) in [6.45, 7) is 5.58. The summed E-state index contributed by atoms with van der Waals surface area (Å²) in [4.78, 5) is 27.4. The third kappa shape index (κ3) is 7.34. The summed E-state index contributed by atoms with van der Waals surface area (Å²) in [5.74, 6) is 0.957. The van der Waals surface area contributed by atoms with Gasteiger partial charge in [0.05, 0.1) is 14.2 Å². The van der Waals surface area contributed by atoms with Gasteiger partial charge in [-0.3, -0.25) is 9.59 Å². The minimum absolute atomic E-state index is 0.00794. The lowest BCUT2D eigenvalue weighted by Crippen LogP contribution is -2.50. The molecule has 0 aliphatic heterocycles. The average Bonchev–Trinajstić information content (AvgIpc) is 2.80. The van der Waals surface area contributed by atoms with Crippen molar-refractivity contribution in [2.24, 2.45) is 0 Å². The van der Waals surface area contributed by atoms with Gasteiger partial charge in [-0.15, -0.1) is 0 Å². The molecule has 0 spiro atoms. The number of carbonyl (C=O) groups is 2. The maximum Gasteiger partial charge on any atom is 0.261 e. The number of nitrogens with one attached hydrogen (secondary N) is 1. The van der Waals surface area contributed by atoms with E-state index in [0.717, 1.165) is 12.0 Å². The largest absolute Gasteiger partial charge is 0.496 e. The first-order valence-electron chi connectivity index (χ1n) is 10.5. The predicted molar refractivity (Wildman–Crippen MR) is 124 cm³/mol. The molecule has 2 aromatic carbocycles. The van der Waals surface area contributed by atoms with Crippen molar-refractivity contribution in [3.63, 3.8) is 0 Å². The Morgan fingerprint density at radius 2 is 1.66 bits per heavy atom. The molecule has 2 atom stereocenters. The topological polar surface area (TPSA) is 77.1 Å². The lowest BCUT2D eigenvalue weighted by molar-refractivity contribution is -0.142. The van der Waals surface area contributed by atoms with Crippen molar-refractivity contribution in [3.8, 4) is 17.2 Å². The van der Waals surface area contributed by atoms with Gasteiger partial charge < -0.3 is 24.4 Å². The average molecular weight is 463 g/mol. The van der Waals surface area contributed by atoms with Crippen molar-refractivity contribution in [2.75, 3.05) is 20.8 Å². The van der Waals surface area contributed by atoms with Crippen LogP contribution in [0.4, 0.5) is 0 Å². The first-order chi connectivity index (χ1) is 15.3. The smallest absolute Gasteiger partial charge is 0.261 e. The lowest BCUT2D eigenvalue weighted by Gasteiger charge is -2.29. The molecule has 7 nitrogen and oxygen atoms in total. The first-order valence-corrected chi connectivity index (χ1v) is 10.8. The second-order valence-electron chi connectivity index (χ2n) is 7.48. The molecule has 8 heteroatoms. The molecule has 2 aromatic rings. The van der Waals surface area contributed by atoms with Crippen LogP contribution in [0.5, 0.6) is 17.2 Å². The molecule has 1 N–H and O–H groups in total. The Labute approximate surface area is 194 Å². The zero-order valence-corrected chi connectivity index (χ0v) is 19.9. The van der Waals surface area contributed by atoms with Crippen LogP contribution in [0, 0.1) is 0 Å². The molecule has 0 fully saturated rings. The van der Waals surface area contributed by atoms with Crippen LogP contribution in [-0.2, 0) is 16.1 Å². The van der Waals surface area contributed by atoms with Gasteiger partial charge in [-0.05, 0) is 38.0 Å². The van der Waals surface area contributed by atoms with E-state index in [9.17, 15) is 9.59 Å². The molecule has 0 aliphatic rings. The number of halogens is 1.